The molecule has 2 heteroatoms. The molecule has 0 aliphatic carbocycles. The van der Waals surface area contributed by atoms with Crippen LogP contribution in [0.2, 0.25) is 0 Å². The van der Waals surface area contributed by atoms with Gasteiger partial charge in [-0.3, -0.25) is 0 Å². The largest absolute Gasteiger partial charge is 0.261 e. The van der Waals surface area contributed by atoms with Crippen LogP contribution in [0, 0.1) is 0 Å². The van der Waals surface area contributed by atoms with E-state index in [1.54, 1.807) is 0 Å². The molecular formula is C37H57N2+. The van der Waals surface area contributed by atoms with E-state index < -0.39 is 0 Å². The van der Waals surface area contributed by atoms with Crippen molar-refractivity contribution >= 4 is 0 Å². The molecule has 0 saturated heterocycles. The second-order valence-corrected chi connectivity index (χ2v) is 11.7. The second-order valence-electron chi connectivity index (χ2n) is 11.7. The molecule has 3 rings (SSSR count). The monoisotopic (exact) mass is 529 g/mol. The van der Waals surface area contributed by atoms with Gasteiger partial charge in [-0.2, -0.15) is 0 Å². The Hall–Kier alpha value is -2.35. The molecule has 0 bridgehead atoms. The van der Waals surface area contributed by atoms with Crippen LogP contribution in [0.1, 0.15) is 139 Å². The molecule has 0 saturated carbocycles. The molecule has 1 heterocycles. The van der Waals surface area contributed by atoms with E-state index in [-0.39, 0.29) is 0 Å². The van der Waals surface area contributed by atoms with E-state index >= 15 is 0 Å². The van der Waals surface area contributed by atoms with Gasteiger partial charge in [0.05, 0.1) is 19.5 Å². The van der Waals surface area contributed by atoms with Crippen molar-refractivity contribution in [2.24, 2.45) is 0 Å². The first kappa shape index (κ1) is 31.2. The van der Waals surface area contributed by atoms with Crippen LogP contribution in [0.25, 0.3) is 0 Å². The fourth-order valence-electron chi connectivity index (χ4n) is 6.01. The van der Waals surface area contributed by atoms with Crippen molar-refractivity contribution in [3.63, 3.8) is 0 Å². The average molecular weight is 530 g/mol. The van der Waals surface area contributed by atoms with E-state index in [1.807, 2.05) is 0 Å². The highest BCUT2D eigenvalue weighted by Crippen LogP contribution is 2.22. The van der Waals surface area contributed by atoms with Crippen molar-refractivity contribution < 1.29 is 4.57 Å². The Balaban J connectivity index is 1.49. The Morgan fingerprint density at radius 3 is 1.69 bits per heavy atom. The topological polar surface area (TPSA) is 8.81 Å². The van der Waals surface area contributed by atoms with E-state index in [0.29, 0.717) is 5.92 Å². The van der Waals surface area contributed by atoms with Gasteiger partial charge in [0, 0.05) is 6.42 Å². The minimum Gasteiger partial charge on any atom is -0.234 e. The van der Waals surface area contributed by atoms with E-state index in [2.05, 4.69) is 96.8 Å². The minimum atomic E-state index is 0.520. The summed E-state index contributed by atoms with van der Waals surface area (Å²) in [5.74, 6) is 1.99. The van der Waals surface area contributed by atoms with Gasteiger partial charge in [-0.1, -0.05) is 152 Å². The Kier molecular flexibility index (Phi) is 15.1. The number of rotatable bonds is 21. The van der Waals surface area contributed by atoms with E-state index in [1.165, 1.54) is 113 Å². The van der Waals surface area contributed by atoms with Crippen LogP contribution in [-0.4, -0.2) is 4.57 Å². The van der Waals surface area contributed by atoms with Gasteiger partial charge in [0.1, 0.15) is 11.9 Å². The molecule has 0 aliphatic rings. The van der Waals surface area contributed by atoms with Crippen LogP contribution in [0.5, 0.6) is 0 Å². The molecule has 0 aliphatic heterocycles. The van der Waals surface area contributed by atoms with Crippen molar-refractivity contribution in [2.45, 2.75) is 143 Å². The molecule has 0 fully saturated rings. The van der Waals surface area contributed by atoms with Crippen LogP contribution >= 0.6 is 0 Å². The quantitative estimate of drug-likeness (QED) is 0.0958. The van der Waals surface area contributed by atoms with Crippen molar-refractivity contribution in [2.75, 3.05) is 0 Å². The maximum Gasteiger partial charge on any atom is 0.261 e. The first-order chi connectivity index (χ1) is 19.2. The Morgan fingerprint density at radius 2 is 1.15 bits per heavy atom. The number of aryl methyl sites for hydroxylation is 1. The highest BCUT2D eigenvalue weighted by Gasteiger charge is 2.24. The lowest BCUT2D eigenvalue weighted by Crippen LogP contribution is -2.36. The van der Waals surface area contributed by atoms with Crippen molar-refractivity contribution in [1.82, 2.24) is 4.57 Å². The third kappa shape index (κ3) is 11.3. The predicted octanol–water partition coefficient (Wildman–Crippen LogP) is 10.2. The summed E-state index contributed by atoms with van der Waals surface area (Å²) in [6, 6.07) is 22.0. The first-order valence-electron chi connectivity index (χ1n) is 16.4. The lowest BCUT2D eigenvalue weighted by atomic mass is 9.96. The number of hydrogen-bond acceptors (Lipinski definition) is 0. The van der Waals surface area contributed by atoms with Gasteiger partial charge >= 0.3 is 0 Å². The van der Waals surface area contributed by atoms with E-state index in [9.17, 15) is 0 Å². The number of aromatic nitrogens is 2. The van der Waals surface area contributed by atoms with Crippen LogP contribution < -0.4 is 4.57 Å². The maximum absolute atomic E-state index is 2.68. The summed E-state index contributed by atoms with van der Waals surface area (Å²) in [6.07, 6.45) is 24.3. The lowest BCUT2D eigenvalue weighted by Gasteiger charge is -2.12. The molecule has 0 radical (unpaired) electrons. The fourth-order valence-corrected chi connectivity index (χ4v) is 6.01. The van der Waals surface area contributed by atoms with Gasteiger partial charge in [0.15, 0.2) is 0 Å². The molecule has 1 unspecified atom stereocenters. The highest BCUT2D eigenvalue weighted by atomic mass is 15.2. The zero-order valence-corrected chi connectivity index (χ0v) is 25.6. The van der Waals surface area contributed by atoms with Gasteiger partial charge in [-0.05, 0) is 36.8 Å². The van der Waals surface area contributed by atoms with Gasteiger partial charge in [-0.25, -0.2) is 9.13 Å². The Morgan fingerprint density at radius 1 is 0.641 bits per heavy atom. The van der Waals surface area contributed by atoms with Crippen LogP contribution in [-0.2, 0) is 25.9 Å². The summed E-state index contributed by atoms with van der Waals surface area (Å²) in [7, 11) is 0. The van der Waals surface area contributed by atoms with Gasteiger partial charge < -0.3 is 0 Å². The lowest BCUT2D eigenvalue weighted by molar-refractivity contribution is -0.700. The standard InChI is InChI=1S/C37H57N2/c1-4-6-7-8-9-10-11-12-13-14-15-16-17-24-29-39-36(30-33(3)35-27-22-19-23-28-35)32-38(5-2)37(39)31-34-25-20-18-21-26-34/h18-23,25-28,32-33H,4-17,24,29-31H2,1-3H3/q+1. The maximum atomic E-state index is 2.68. The molecule has 1 aromatic heterocycles. The molecule has 0 spiro atoms. The first-order valence-corrected chi connectivity index (χ1v) is 16.4. The molecule has 2 aromatic carbocycles. The minimum absolute atomic E-state index is 0.520. The Labute approximate surface area is 240 Å². The molecule has 0 amide bonds. The van der Waals surface area contributed by atoms with Crippen LogP contribution in [0.3, 0.4) is 0 Å². The summed E-state index contributed by atoms with van der Waals surface area (Å²) < 4.78 is 5.18. The van der Waals surface area contributed by atoms with Crippen molar-refractivity contribution in [1.29, 1.82) is 0 Å². The summed E-state index contributed by atoms with van der Waals surface area (Å²) in [5.41, 5.74) is 4.34. The van der Waals surface area contributed by atoms with Crippen LogP contribution in [0.4, 0.5) is 0 Å². The third-order valence-corrected chi connectivity index (χ3v) is 8.46. The molecule has 39 heavy (non-hydrogen) atoms. The van der Waals surface area contributed by atoms with Crippen LogP contribution in [0.15, 0.2) is 66.9 Å². The molecular weight excluding hydrogens is 472 g/mol. The number of nitrogens with zero attached hydrogens (tertiary/aromatic N) is 2. The smallest absolute Gasteiger partial charge is 0.234 e. The summed E-state index contributed by atoms with van der Waals surface area (Å²) in [4.78, 5) is 0. The normalized spacial score (nSPS) is 12.2. The molecule has 1 atom stereocenters. The molecule has 0 N–H and O–H groups in total. The second kappa shape index (κ2) is 18.9. The third-order valence-electron chi connectivity index (χ3n) is 8.46. The summed E-state index contributed by atoms with van der Waals surface area (Å²) in [6.45, 7) is 9.14. The predicted molar refractivity (Wildman–Crippen MR) is 168 cm³/mol. The molecule has 2 nitrogen and oxygen atoms in total. The number of unbranched alkanes of at least 4 members (excludes halogenated alkanes) is 13. The number of imidazole rings is 1. The summed E-state index contributed by atoms with van der Waals surface area (Å²) in [5, 5.41) is 0. The molecule has 3 aromatic rings. The zero-order valence-electron chi connectivity index (χ0n) is 25.6. The van der Waals surface area contributed by atoms with Crippen molar-refractivity contribution in [3.8, 4) is 0 Å². The summed E-state index contributed by atoms with van der Waals surface area (Å²) >= 11 is 0. The number of benzene rings is 2. The van der Waals surface area contributed by atoms with E-state index in [0.717, 1.165) is 25.9 Å². The van der Waals surface area contributed by atoms with Crippen molar-refractivity contribution in [3.05, 3.63) is 89.5 Å². The Bertz CT molecular complexity index is 1000. The number of hydrogen-bond donors (Lipinski definition) is 0. The van der Waals surface area contributed by atoms with E-state index in [4.69, 9.17) is 0 Å². The van der Waals surface area contributed by atoms with Gasteiger partial charge in [0.25, 0.3) is 5.82 Å². The average Bonchev–Trinajstić information content (AvgIpc) is 3.29. The molecule has 214 valence electrons. The van der Waals surface area contributed by atoms with Gasteiger partial charge in [0.2, 0.25) is 0 Å². The SMILES string of the molecule is CCCCCCCCCCCCCCCCn1c(CC(C)c2ccccc2)c[n+](CC)c1Cc1ccccc1. The fraction of sp³-hybridized carbons (Fsp3) is 0.595. The zero-order chi connectivity index (χ0) is 27.5. The van der Waals surface area contributed by atoms with Gasteiger partial charge in [-0.15, -0.1) is 0 Å². The highest BCUT2D eigenvalue weighted by molar-refractivity contribution is 5.22.